The molecule has 194 valence electrons. The number of hydrogen-bond acceptors (Lipinski definition) is 4. The number of carbonyl (C=O) groups is 2. The van der Waals surface area contributed by atoms with Crippen LogP contribution in [0, 0.1) is 0 Å². The van der Waals surface area contributed by atoms with Crippen LogP contribution >= 0.6 is 0 Å². The molecule has 1 heterocycles. The summed E-state index contributed by atoms with van der Waals surface area (Å²) in [5.41, 5.74) is 2.28. The molecule has 5 heteroatoms. The van der Waals surface area contributed by atoms with Gasteiger partial charge in [-0.05, 0) is 72.5 Å². The fourth-order valence-electron chi connectivity index (χ4n) is 5.38. The van der Waals surface area contributed by atoms with E-state index in [2.05, 4.69) is 0 Å². The molecule has 0 bridgehead atoms. The van der Waals surface area contributed by atoms with E-state index in [0.29, 0.717) is 33.8 Å². The Kier molecular flexibility index (Phi) is 6.96. The van der Waals surface area contributed by atoms with Crippen LogP contribution in [0.15, 0.2) is 109 Å². The summed E-state index contributed by atoms with van der Waals surface area (Å²) in [6.45, 7) is 0. The highest BCUT2D eigenvalue weighted by Gasteiger charge is 2.43. The van der Waals surface area contributed by atoms with Crippen molar-refractivity contribution in [3.63, 3.8) is 0 Å². The summed E-state index contributed by atoms with van der Waals surface area (Å²) in [7, 11) is 0. The number of carbonyl (C=O) groups excluding carboxylic acids is 2. The molecule has 1 fully saturated rings. The van der Waals surface area contributed by atoms with Crippen LogP contribution in [0.5, 0.6) is 23.0 Å². The first-order valence-electron chi connectivity index (χ1n) is 13.5. The third-order valence-corrected chi connectivity index (χ3v) is 7.30. The van der Waals surface area contributed by atoms with Gasteiger partial charge in [-0.25, -0.2) is 0 Å². The predicted molar refractivity (Wildman–Crippen MR) is 151 cm³/mol. The Morgan fingerprint density at radius 1 is 0.487 bits per heavy atom. The molecule has 0 aromatic heterocycles. The number of rotatable bonds is 7. The Morgan fingerprint density at radius 3 is 1.28 bits per heavy atom. The Balaban J connectivity index is 1.34. The maximum Gasteiger partial charge on any atom is 0.262 e. The van der Waals surface area contributed by atoms with E-state index in [0.717, 1.165) is 43.6 Å². The second kappa shape index (κ2) is 11.0. The summed E-state index contributed by atoms with van der Waals surface area (Å²) in [4.78, 5) is 29.3. The van der Waals surface area contributed by atoms with Crippen LogP contribution in [0.2, 0.25) is 0 Å². The first-order chi connectivity index (χ1) is 19.2. The van der Waals surface area contributed by atoms with E-state index in [9.17, 15) is 9.59 Å². The van der Waals surface area contributed by atoms with Gasteiger partial charge >= 0.3 is 0 Å². The van der Waals surface area contributed by atoms with E-state index in [1.165, 1.54) is 4.90 Å². The molecule has 2 amide bonds. The van der Waals surface area contributed by atoms with Gasteiger partial charge in [0.2, 0.25) is 0 Å². The van der Waals surface area contributed by atoms with Crippen LogP contribution in [0.3, 0.4) is 0 Å². The van der Waals surface area contributed by atoms with E-state index in [4.69, 9.17) is 9.47 Å². The van der Waals surface area contributed by atoms with Crippen LogP contribution in [-0.4, -0.2) is 22.8 Å². The molecule has 0 unspecified atom stereocenters. The molecule has 39 heavy (non-hydrogen) atoms. The first kappa shape index (κ1) is 24.7. The van der Waals surface area contributed by atoms with E-state index in [-0.39, 0.29) is 17.9 Å². The monoisotopic (exact) mass is 515 g/mol. The number of nitrogens with zero attached hydrogens (tertiary/aromatic N) is 1. The second-order valence-corrected chi connectivity index (χ2v) is 9.90. The van der Waals surface area contributed by atoms with Crippen LogP contribution in [-0.2, 0) is 9.59 Å². The molecule has 4 aromatic carbocycles. The van der Waals surface area contributed by atoms with Crippen molar-refractivity contribution in [1.29, 1.82) is 0 Å². The molecule has 4 aromatic rings. The summed E-state index contributed by atoms with van der Waals surface area (Å²) in [5, 5.41) is 0. The zero-order valence-electron chi connectivity index (χ0n) is 21.6. The third kappa shape index (κ3) is 5.21. The van der Waals surface area contributed by atoms with Gasteiger partial charge in [-0.15, -0.1) is 0 Å². The summed E-state index contributed by atoms with van der Waals surface area (Å²) in [5.74, 6) is 2.36. The lowest BCUT2D eigenvalue weighted by atomic mass is 9.94. The standard InChI is InChI=1S/C34H29NO4/c36-33-31(24-16-20-29(21-17-24)38-27-12-6-2-7-13-27)32(34(37)35(33)26-10-4-1-5-11-26)25-18-22-30(23-19-25)39-28-14-8-3-9-15-28/h2-3,6-9,12-23,26H,1,4-5,10-11H2. The average Bonchev–Trinajstić information content (AvgIpc) is 3.25. The summed E-state index contributed by atoms with van der Waals surface area (Å²) in [6.07, 6.45) is 4.91. The molecule has 0 spiro atoms. The lowest BCUT2D eigenvalue weighted by Gasteiger charge is -2.30. The minimum absolute atomic E-state index is 0.0624. The summed E-state index contributed by atoms with van der Waals surface area (Å²) >= 11 is 0. The molecule has 0 radical (unpaired) electrons. The Hall–Kier alpha value is -4.64. The summed E-state index contributed by atoms with van der Waals surface area (Å²) in [6, 6.07) is 33.8. The molecule has 1 aliphatic carbocycles. The van der Waals surface area contributed by atoms with Gasteiger partial charge in [-0.3, -0.25) is 14.5 Å². The van der Waals surface area contributed by atoms with Gasteiger partial charge in [-0.2, -0.15) is 0 Å². The third-order valence-electron chi connectivity index (χ3n) is 7.30. The van der Waals surface area contributed by atoms with Crippen LogP contribution in [0.1, 0.15) is 43.2 Å². The van der Waals surface area contributed by atoms with Crippen molar-refractivity contribution in [2.24, 2.45) is 0 Å². The Bertz CT molecular complexity index is 1380. The van der Waals surface area contributed by atoms with Crippen molar-refractivity contribution in [3.05, 3.63) is 120 Å². The van der Waals surface area contributed by atoms with E-state index < -0.39 is 0 Å². The highest BCUT2D eigenvalue weighted by atomic mass is 16.5. The van der Waals surface area contributed by atoms with Gasteiger partial charge in [0.15, 0.2) is 0 Å². The van der Waals surface area contributed by atoms with Crippen molar-refractivity contribution < 1.29 is 19.1 Å². The number of imide groups is 1. The fraction of sp³-hybridized carbons (Fsp3) is 0.176. The minimum atomic E-state index is -0.219. The van der Waals surface area contributed by atoms with Gasteiger partial charge in [0.1, 0.15) is 23.0 Å². The Labute approximate surface area is 228 Å². The van der Waals surface area contributed by atoms with Crippen molar-refractivity contribution >= 4 is 23.0 Å². The maximum atomic E-state index is 13.9. The zero-order valence-corrected chi connectivity index (χ0v) is 21.6. The summed E-state index contributed by atoms with van der Waals surface area (Å²) < 4.78 is 11.9. The number of ether oxygens (including phenoxy) is 2. The number of amides is 2. The zero-order chi connectivity index (χ0) is 26.6. The number of para-hydroxylation sites is 2. The lowest BCUT2D eigenvalue weighted by molar-refractivity contribution is -0.139. The molecular formula is C34H29NO4. The molecular weight excluding hydrogens is 486 g/mol. The average molecular weight is 516 g/mol. The van der Waals surface area contributed by atoms with Gasteiger partial charge < -0.3 is 9.47 Å². The van der Waals surface area contributed by atoms with Crippen molar-refractivity contribution in [1.82, 2.24) is 4.90 Å². The molecule has 6 rings (SSSR count). The van der Waals surface area contributed by atoms with E-state index >= 15 is 0 Å². The highest BCUT2D eigenvalue weighted by Crippen LogP contribution is 2.40. The van der Waals surface area contributed by atoms with Gasteiger partial charge in [0, 0.05) is 6.04 Å². The van der Waals surface area contributed by atoms with Crippen LogP contribution in [0.4, 0.5) is 0 Å². The molecule has 0 saturated heterocycles. The molecule has 0 atom stereocenters. The van der Waals surface area contributed by atoms with Crippen molar-refractivity contribution in [3.8, 4) is 23.0 Å². The Morgan fingerprint density at radius 2 is 0.872 bits per heavy atom. The van der Waals surface area contributed by atoms with Gasteiger partial charge in [0.05, 0.1) is 11.1 Å². The second-order valence-electron chi connectivity index (χ2n) is 9.90. The molecule has 0 N–H and O–H groups in total. The molecule has 1 saturated carbocycles. The minimum Gasteiger partial charge on any atom is -0.457 e. The maximum absolute atomic E-state index is 13.9. The van der Waals surface area contributed by atoms with Crippen molar-refractivity contribution in [2.75, 3.05) is 0 Å². The van der Waals surface area contributed by atoms with Crippen LogP contribution in [0.25, 0.3) is 11.1 Å². The quantitative estimate of drug-likeness (QED) is 0.235. The van der Waals surface area contributed by atoms with E-state index in [1.54, 1.807) is 0 Å². The number of hydrogen-bond donors (Lipinski definition) is 0. The van der Waals surface area contributed by atoms with Crippen LogP contribution < -0.4 is 9.47 Å². The number of benzene rings is 4. The molecule has 1 aliphatic heterocycles. The lowest BCUT2D eigenvalue weighted by Crippen LogP contribution is -2.42. The SMILES string of the molecule is O=C1C(c2ccc(Oc3ccccc3)cc2)=C(c2ccc(Oc3ccccc3)cc2)C(=O)N1C1CCCCC1. The highest BCUT2D eigenvalue weighted by molar-refractivity contribution is 6.49. The van der Waals surface area contributed by atoms with Gasteiger partial charge in [-0.1, -0.05) is 79.9 Å². The molecule has 2 aliphatic rings. The van der Waals surface area contributed by atoms with E-state index in [1.807, 2.05) is 109 Å². The van der Waals surface area contributed by atoms with Gasteiger partial charge in [0.25, 0.3) is 11.8 Å². The smallest absolute Gasteiger partial charge is 0.262 e. The topological polar surface area (TPSA) is 55.8 Å². The molecule has 5 nitrogen and oxygen atoms in total. The first-order valence-corrected chi connectivity index (χ1v) is 13.5. The largest absolute Gasteiger partial charge is 0.457 e. The predicted octanol–water partition coefficient (Wildman–Crippen LogP) is 7.88. The normalized spacial score (nSPS) is 16.1. The fourth-order valence-corrected chi connectivity index (χ4v) is 5.38. The van der Waals surface area contributed by atoms with Crippen molar-refractivity contribution in [2.45, 2.75) is 38.1 Å².